The number of carboxylic acids is 1. The molecule has 32 heavy (non-hydrogen) atoms. The first-order valence-corrected chi connectivity index (χ1v) is 8.95. The number of alkyl halides is 3. The molecule has 0 atom stereocenters. The highest BCUT2D eigenvalue weighted by Crippen LogP contribution is 2.27. The Morgan fingerprint density at radius 3 is 2.38 bits per heavy atom. The molecule has 8 nitrogen and oxygen atoms in total. The topological polar surface area (TPSA) is 121 Å². The van der Waals surface area contributed by atoms with Crippen LogP contribution in [0.2, 0.25) is 0 Å². The van der Waals surface area contributed by atoms with Crippen molar-refractivity contribution in [3.63, 3.8) is 0 Å². The van der Waals surface area contributed by atoms with Gasteiger partial charge in [-0.1, -0.05) is 18.2 Å². The standard InChI is InChI=1S/C19H14N4O2.C2HF3O2/c24-19(22-15-5-2-9-20-12-15)18-7-6-17(25-18)14-4-1-3-13(11-14)16-8-10-21-23-16;3-2(4,5)1(6)7/h1-12H,(H,21,23)(H,22,24);(H,6,7). The Hall–Kier alpha value is -4.41. The van der Waals surface area contributed by atoms with E-state index in [9.17, 15) is 18.0 Å². The molecule has 11 heteroatoms. The Balaban J connectivity index is 0.000000360. The summed E-state index contributed by atoms with van der Waals surface area (Å²) in [4.78, 5) is 25.1. The maximum atomic E-state index is 12.3. The zero-order valence-corrected chi connectivity index (χ0v) is 16.1. The fraction of sp³-hybridized carbons (Fsp3) is 0.0476. The Morgan fingerprint density at radius 1 is 1.00 bits per heavy atom. The molecule has 0 radical (unpaired) electrons. The lowest BCUT2D eigenvalue weighted by molar-refractivity contribution is -0.192. The van der Waals surface area contributed by atoms with E-state index in [-0.39, 0.29) is 11.7 Å². The molecule has 0 aliphatic carbocycles. The summed E-state index contributed by atoms with van der Waals surface area (Å²) in [6.45, 7) is 0. The normalized spacial score (nSPS) is 10.7. The van der Waals surface area contributed by atoms with Crippen molar-refractivity contribution in [2.45, 2.75) is 6.18 Å². The minimum Gasteiger partial charge on any atom is -0.475 e. The second-order valence-corrected chi connectivity index (χ2v) is 6.21. The van der Waals surface area contributed by atoms with E-state index in [0.717, 1.165) is 16.8 Å². The van der Waals surface area contributed by atoms with Crippen molar-refractivity contribution in [1.82, 2.24) is 15.2 Å². The van der Waals surface area contributed by atoms with Crippen LogP contribution in [0.5, 0.6) is 0 Å². The van der Waals surface area contributed by atoms with E-state index in [4.69, 9.17) is 14.3 Å². The van der Waals surface area contributed by atoms with Crippen LogP contribution in [0.1, 0.15) is 10.6 Å². The molecule has 164 valence electrons. The molecule has 0 unspecified atom stereocenters. The number of hydrogen-bond acceptors (Lipinski definition) is 5. The quantitative estimate of drug-likeness (QED) is 0.422. The molecule has 1 amide bonds. The Labute approximate surface area is 178 Å². The van der Waals surface area contributed by atoms with Gasteiger partial charge in [-0.05, 0) is 36.4 Å². The maximum Gasteiger partial charge on any atom is 0.490 e. The molecule has 0 aliphatic rings. The third kappa shape index (κ3) is 5.81. The number of H-pyrrole nitrogens is 1. The molecule has 1 aromatic carbocycles. The lowest BCUT2D eigenvalue weighted by atomic mass is 10.1. The SMILES string of the molecule is O=C(Nc1cccnc1)c1ccc(-c2cccc(-c3ccn[nH]3)c2)o1.O=C(O)C(F)(F)F. The molecule has 3 heterocycles. The van der Waals surface area contributed by atoms with Gasteiger partial charge in [0.25, 0.3) is 5.91 Å². The van der Waals surface area contributed by atoms with Crippen molar-refractivity contribution >= 4 is 17.6 Å². The summed E-state index contributed by atoms with van der Waals surface area (Å²) in [7, 11) is 0. The van der Waals surface area contributed by atoms with Gasteiger partial charge in [0, 0.05) is 23.5 Å². The van der Waals surface area contributed by atoms with Gasteiger partial charge >= 0.3 is 12.1 Å². The van der Waals surface area contributed by atoms with Crippen molar-refractivity contribution in [2.75, 3.05) is 5.32 Å². The molecule has 0 bridgehead atoms. The van der Waals surface area contributed by atoms with Crippen LogP contribution >= 0.6 is 0 Å². The number of amides is 1. The van der Waals surface area contributed by atoms with Crippen LogP contribution in [-0.4, -0.2) is 38.3 Å². The van der Waals surface area contributed by atoms with Gasteiger partial charge in [0.2, 0.25) is 0 Å². The first-order chi connectivity index (χ1) is 15.2. The number of anilines is 1. The number of nitrogens with one attached hydrogen (secondary N) is 2. The molecule has 3 aromatic heterocycles. The number of carboxylic acid groups (broad SMARTS) is 1. The summed E-state index contributed by atoms with van der Waals surface area (Å²) in [5.74, 6) is -2.21. The van der Waals surface area contributed by atoms with Gasteiger partial charge in [-0.15, -0.1) is 0 Å². The van der Waals surface area contributed by atoms with Crippen LogP contribution < -0.4 is 5.32 Å². The summed E-state index contributed by atoms with van der Waals surface area (Å²) in [5.41, 5.74) is 3.41. The summed E-state index contributed by atoms with van der Waals surface area (Å²) in [6, 6.07) is 16.7. The van der Waals surface area contributed by atoms with Gasteiger partial charge in [0.05, 0.1) is 17.6 Å². The molecule has 0 aliphatic heterocycles. The fourth-order valence-electron chi connectivity index (χ4n) is 2.50. The van der Waals surface area contributed by atoms with Crippen LogP contribution in [-0.2, 0) is 4.79 Å². The molecule has 0 spiro atoms. The Kier molecular flexibility index (Phi) is 6.68. The predicted molar refractivity (Wildman–Crippen MR) is 108 cm³/mol. The lowest BCUT2D eigenvalue weighted by Gasteiger charge is -2.03. The van der Waals surface area contributed by atoms with Crippen molar-refractivity contribution in [3.8, 4) is 22.6 Å². The highest BCUT2D eigenvalue weighted by atomic mass is 19.4. The highest BCUT2D eigenvalue weighted by molar-refractivity contribution is 6.02. The van der Waals surface area contributed by atoms with Gasteiger partial charge in [0.1, 0.15) is 5.76 Å². The summed E-state index contributed by atoms with van der Waals surface area (Å²) in [5, 5.41) is 16.8. The van der Waals surface area contributed by atoms with E-state index in [1.54, 1.807) is 42.9 Å². The monoisotopic (exact) mass is 444 g/mol. The smallest absolute Gasteiger partial charge is 0.475 e. The number of nitrogens with zero attached hydrogens (tertiary/aromatic N) is 2. The largest absolute Gasteiger partial charge is 0.490 e. The van der Waals surface area contributed by atoms with Gasteiger partial charge < -0.3 is 14.8 Å². The fourth-order valence-corrected chi connectivity index (χ4v) is 2.50. The summed E-state index contributed by atoms with van der Waals surface area (Å²) in [6.07, 6.45) is -0.154. The predicted octanol–water partition coefficient (Wildman–Crippen LogP) is 4.62. The van der Waals surface area contributed by atoms with Crippen LogP contribution in [0, 0.1) is 0 Å². The average Bonchev–Trinajstić information content (AvgIpc) is 3.47. The lowest BCUT2D eigenvalue weighted by Crippen LogP contribution is -2.21. The number of aliphatic carboxylic acids is 1. The first kappa shape index (κ1) is 22.3. The van der Waals surface area contributed by atoms with Crippen LogP contribution in [0.4, 0.5) is 18.9 Å². The maximum absolute atomic E-state index is 12.3. The number of hydrogen-bond donors (Lipinski definition) is 3. The minimum absolute atomic E-state index is 0.241. The number of carbonyl (C=O) groups is 2. The van der Waals surface area contributed by atoms with Crippen LogP contribution in [0.3, 0.4) is 0 Å². The molecular weight excluding hydrogens is 429 g/mol. The molecule has 0 fully saturated rings. The number of aromatic nitrogens is 3. The van der Waals surface area contributed by atoms with E-state index in [0.29, 0.717) is 11.4 Å². The van der Waals surface area contributed by atoms with E-state index in [2.05, 4.69) is 20.5 Å². The van der Waals surface area contributed by atoms with Crippen LogP contribution in [0.25, 0.3) is 22.6 Å². The highest BCUT2D eigenvalue weighted by Gasteiger charge is 2.38. The van der Waals surface area contributed by atoms with Crippen LogP contribution in [0.15, 0.2) is 77.6 Å². The molecule has 4 rings (SSSR count). The molecule has 0 saturated heterocycles. The second-order valence-electron chi connectivity index (χ2n) is 6.21. The number of pyridine rings is 1. The third-order valence-corrected chi connectivity index (χ3v) is 3.95. The molecule has 0 saturated carbocycles. The van der Waals surface area contributed by atoms with Gasteiger partial charge in [0.15, 0.2) is 5.76 Å². The third-order valence-electron chi connectivity index (χ3n) is 3.95. The summed E-state index contributed by atoms with van der Waals surface area (Å²) >= 11 is 0. The minimum atomic E-state index is -5.08. The zero-order chi connectivity index (χ0) is 23.1. The first-order valence-electron chi connectivity index (χ1n) is 8.95. The number of furan rings is 1. The van der Waals surface area contributed by atoms with Gasteiger partial charge in [-0.3, -0.25) is 14.9 Å². The number of rotatable bonds is 4. The number of benzene rings is 1. The average molecular weight is 444 g/mol. The number of carbonyl (C=O) groups excluding carboxylic acids is 1. The van der Waals surface area contributed by atoms with E-state index >= 15 is 0 Å². The van der Waals surface area contributed by atoms with E-state index in [1.165, 1.54) is 0 Å². The van der Waals surface area contributed by atoms with E-state index < -0.39 is 12.1 Å². The number of halogens is 3. The van der Waals surface area contributed by atoms with Gasteiger partial charge in [-0.25, -0.2) is 4.79 Å². The molecular formula is C21H15F3N4O4. The summed E-state index contributed by atoms with van der Waals surface area (Å²) < 4.78 is 37.5. The second kappa shape index (κ2) is 9.60. The molecule has 4 aromatic rings. The zero-order valence-electron chi connectivity index (χ0n) is 16.1. The van der Waals surface area contributed by atoms with Crippen molar-refractivity contribution in [2.24, 2.45) is 0 Å². The van der Waals surface area contributed by atoms with Gasteiger partial charge in [-0.2, -0.15) is 18.3 Å². The molecule has 3 N–H and O–H groups in total. The van der Waals surface area contributed by atoms with E-state index in [1.807, 2.05) is 30.3 Å². The van der Waals surface area contributed by atoms with Crippen molar-refractivity contribution in [3.05, 3.63) is 78.9 Å². The van der Waals surface area contributed by atoms with Crippen molar-refractivity contribution < 1.29 is 32.3 Å². The number of aromatic amines is 1. The Bertz CT molecular complexity index is 1190. The van der Waals surface area contributed by atoms with Crippen molar-refractivity contribution in [1.29, 1.82) is 0 Å². The Morgan fingerprint density at radius 2 is 1.75 bits per heavy atom.